The number of alkyl halides is 2. The van der Waals surface area contributed by atoms with E-state index in [4.69, 9.17) is 9.26 Å². The quantitative estimate of drug-likeness (QED) is 0.638. The first-order chi connectivity index (χ1) is 13.4. The van der Waals surface area contributed by atoms with Crippen LogP contribution in [0.25, 0.3) is 0 Å². The second-order valence-electron chi connectivity index (χ2n) is 5.64. The lowest BCUT2D eigenvalue weighted by molar-refractivity contribution is -0.0493. The first kappa shape index (κ1) is 19.3. The smallest absolute Gasteiger partial charge is 0.387 e. The Kier molecular flexibility index (Phi) is 5.83. The van der Waals surface area contributed by atoms with Crippen molar-refractivity contribution < 1.29 is 32.0 Å². The summed E-state index contributed by atoms with van der Waals surface area (Å²) in [5, 5.41) is 6.16. The van der Waals surface area contributed by atoms with Crippen LogP contribution in [0.15, 0.2) is 53.1 Å². The molecule has 0 aliphatic carbocycles. The first-order valence-electron chi connectivity index (χ1n) is 8.12. The van der Waals surface area contributed by atoms with Gasteiger partial charge < -0.3 is 19.3 Å². The number of carbonyl (C=O) groups is 1. The predicted molar refractivity (Wildman–Crippen MR) is 93.0 cm³/mol. The molecule has 0 saturated carbocycles. The molecule has 6 nitrogen and oxygen atoms in total. The Morgan fingerprint density at radius 1 is 1.21 bits per heavy atom. The molecule has 0 fully saturated rings. The average molecular weight is 392 g/mol. The van der Waals surface area contributed by atoms with Crippen molar-refractivity contribution in [3.63, 3.8) is 0 Å². The van der Waals surface area contributed by atoms with Crippen LogP contribution in [0, 0.1) is 12.7 Å². The molecule has 0 spiro atoms. The zero-order chi connectivity index (χ0) is 20.1. The largest absolute Gasteiger partial charge is 0.489 e. The second kappa shape index (κ2) is 8.47. The summed E-state index contributed by atoms with van der Waals surface area (Å²) < 4.78 is 53.2. The van der Waals surface area contributed by atoms with E-state index in [0.29, 0.717) is 11.3 Å². The average Bonchev–Trinajstić information content (AvgIpc) is 3.02. The number of nitrogens with zero attached hydrogens (tertiary/aromatic N) is 1. The van der Waals surface area contributed by atoms with E-state index in [1.807, 2.05) is 0 Å². The lowest BCUT2D eigenvalue weighted by Gasteiger charge is -2.11. The molecule has 0 bridgehead atoms. The van der Waals surface area contributed by atoms with Crippen LogP contribution >= 0.6 is 0 Å². The Morgan fingerprint density at radius 3 is 2.75 bits per heavy atom. The predicted octanol–water partition coefficient (Wildman–Crippen LogP) is 4.55. The number of halogens is 3. The minimum absolute atomic E-state index is 0.0467. The molecule has 0 atom stereocenters. The second-order valence-corrected chi connectivity index (χ2v) is 5.64. The number of aromatic nitrogens is 1. The van der Waals surface area contributed by atoms with Gasteiger partial charge in [0, 0.05) is 6.07 Å². The number of nitrogens with one attached hydrogen (secondary N) is 1. The number of amides is 1. The standard InChI is InChI=1S/C19H15F3N2O4/c1-11-14(10-26-13-6-4-5-12(20)9-13)17(24-28-11)18(25)23-15-7-2-3-8-16(15)27-19(21)22/h2-9,19H,10H2,1H3,(H,23,25). The van der Waals surface area contributed by atoms with Crippen molar-refractivity contribution in [3.05, 3.63) is 71.4 Å². The van der Waals surface area contributed by atoms with E-state index in [1.54, 1.807) is 19.1 Å². The maximum atomic E-state index is 13.3. The first-order valence-corrected chi connectivity index (χ1v) is 8.12. The SMILES string of the molecule is Cc1onc(C(=O)Nc2ccccc2OC(F)F)c1COc1cccc(F)c1. The molecule has 1 aromatic heterocycles. The van der Waals surface area contributed by atoms with Crippen LogP contribution in [0.2, 0.25) is 0 Å². The fraction of sp³-hybridized carbons (Fsp3) is 0.158. The van der Waals surface area contributed by atoms with Crippen LogP contribution in [0.1, 0.15) is 21.8 Å². The summed E-state index contributed by atoms with van der Waals surface area (Å²) in [5.74, 6) is -0.752. The van der Waals surface area contributed by atoms with E-state index in [-0.39, 0.29) is 29.5 Å². The van der Waals surface area contributed by atoms with Gasteiger partial charge in [0.2, 0.25) is 0 Å². The van der Waals surface area contributed by atoms with Crippen molar-refractivity contribution in [1.29, 1.82) is 0 Å². The zero-order valence-corrected chi connectivity index (χ0v) is 14.6. The highest BCUT2D eigenvalue weighted by molar-refractivity contribution is 6.04. The summed E-state index contributed by atoms with van der Waals surface area (Å²) in [4.78, 5) is 12.6. The fourth-order valence-corrected chi connectivity index (χ4v) is 2.40. The monoisotopic (exact) mass is 392 g/mol. The van der Waals surface area contributed by atoms with Crippen molar-refractivity contribution in [1.82, 2.24) is 5.16 Å². The van der Waals surface area contributed by atoms with Crippen LogP contribution in [-0.2, 0) is 6.61 Å². The van der Waals surface area contributed by atoms with Crippen LogP contribution in [0.4, 0.5) is 18.9 Å². The van der Waals surface area contributed by atoms with Gasteiger partial charge in [0.05, 0.1) is 11.3 Å². The number of hydrogen-bond donors (Lipinski definition) is 1. The summed E-state index contributed by atoms with van der Waals surface area (Å²) in [6, 6.07) is 11.3. The number of carbonyl (C=O) groups excluding carboxylic acids is 1. The third-order valence-corrected chi connectivity index (χ3v) is 3.73. The molecule has 2 aromatic carbocycles. The summed E-state index contributed by atoms with van der Waals surface area (Å²) >= 11 is 0. The molecule has 1 N–H and O–H groups in total. The van der Waals surface area contributed by atoms with Gasteiger partial charge in [-0.25, -0.2) is 4.39 Å². The molecule has 0 aliphatic heterocycles. The lowest BCUT2D eigenvalue weighted by atomic mass is 10.2. The molecule has 0 radical (unpaired) electrons. The van der Waals surface area contributed by atoms with Gasteiger partial charge >= 0.3 is 6.61 Å². The highest BCUT2D eigenvalue weighted by atomic mass is 19.3. The molecule has 28 heavy (non-hydrogen) atoms. The Labute approximate surface area is 157 Å². The number of benzene rings is 2. The Morgan fingerprint density at radius 2 is 2.00 bits per heavy atom. The molecule has 3 rings (SSSR count). The fourth-order valence-electron chi connectivity index (χ4n) is 2.40. The molecular formula is C19H15F3N2O4. The van der Waals surface area contributed by atoms with E-state index >= 15 is 0 Å². The highest BCUT2D eigenvalue weighted by Gasteiger charge is 2.22. The van der Waals surface area contributed by atoms with E-state index in [1.165, 1.54) is 36.4 Å². The van der Waals surface area contributed by atoms with Gasteiger partial charge in [-0.15, -0.1) is 0 Å². The maximum Gasteiger partial charge on any atom is 0.387 e. The van der Waals surface area contributed by atoms with Gasteiger partial charge in [-0.1, -0.05) is 23.4 Å². The van der Waals surface area contributed by atoms with Crippen molar-refractivity contribution in [3.8, 4) is 11.5 Å². The third-order valence-electron chi connectivity index (χ3n) is 3.73. The van der Waals surface area contributed by atoms with Crippen LogP contribution in [0.3, 0.4) is 0 Å². The van der Waals surface area contributed by atoms with Gasteiger partial charge in [0.25, 0.3) is 5.91 Å². The molecule has 0 saturated heterocycles. The number of anilines is 1. The van der Waals surface area contributed by atoms with Crippen LogP contribution in [0.5, 0.6) is 11.5 Å². The van der Waals surface area contributed by atoms with Crippen molar-refractivity contribution >= 4 is 11.6 Å². The van der Waals surface area contributed by atoms with Gasteiger partial charge in [0.1, 0.15) is 29.7 Å². The maximum absolute atomic E-state index is 13.3. The van der Waals surface area contributed by atoms with E-state index < -0.39 is 18.3 Å². The van der Waals surface area contributed by atoms with Crippen LogP contribution in [-0.4, -0.2) is 17.7 Å². The molecule has 146 valence electrons. The summed E-state index contributed by atoms with van der Waals surface area (Å²) in [6.07, 6.45) is 0. The van der Waals surface area contributed by atoms with Gasteiger partial charge in [0.15, 0.2) is 5.69 Å². The number of hydrogen-bond acceptors (Lipinski definition) is 5. The molecular weight excluding hydrogens is 377 g/mol. The minimum Gasteiger partial charge on any atom is -0.489 e. The van der Waals surface area contributed by atoms with Crippen molar-refractivity contribution in [2.24, 2.45) is 0 Å². The number of ether oxygens (including phenoxy) is 2. The molecule has 1 amide bonds. The van der Waals surface area contributed by atoms with Crippen molar-refractivity contribution in [2.75, 3.05) is 5.32 Å². The summed E-state index contributed by atoms with van der Waals surface area (Å²) in [5.41, 5.74) is 0.306. The number of aryl methyl sites for hydroxylation is 1. The van der Waals surface area contributed by atoms with E-state index in [9.17, 15) is 18.0 Å². The van der Waals surface area contributed by atoms with Gasteiger partial charge in [-0.2, -0.15) is 8.78 Å². The Bertz CT molecular complexity index is 975. The molecule has 3 aromatic rings. The van der Waals surface area contributed by atoms with Crippen LogP contribution < -0.4 is 14.8 Å². The van der Waals surface area contributed by atoms with Crippen molar-refractivity contribution in [2.45, 2.75) is 20.1 Å². The lowest BCUT2D eigenvalue weighted by Crippen LogP contribution is -2.16. The number of rotatable bonds is 7. The zero-order valence-electron chi connectivity index (χ0n) is 14.6. The van der Waals surface area contributed by atoms with E-state index in [2.05, 4.69) is 15.2 Å². The highest BCUT2D eigenvalue weighted by Crippen LogP contribution is 2.27. The van der Waals surface area contributed by atoms with Gasteiger partial charge in [-0.05, 0) is 31.2 Å². The molecule has 9 heteroatoms. The summed E-state index contributed by atoms with van der Waals surface area (Å²) in [7, 11) is 0. The molecule has 1 heterocycles. The topological polar surface area (TPSA) is 73.6 Å². The Balaban J connectivity index is 1.76. The molecule has 0 unspecified atom stereocenters. The van der Waals surface area contributed by atoms with E-state index in [0.717, 1.165) is 0 Å². The minimum atomic E-state index is -3.04. The van der Waals surface area contributed by atoms with Gasteiger partial charge in [-0.3, -0.25) is 4.79 Å². The number of para-hydroxylation sites is 2. The summed E-state index contributed by atoms with van der Waals surface area (Å²) in [6.45, 7) is -1.55. The normalized spacial score (nSPS) is 10.8. The third kappa shape index (κ3) is 4.61. The Hall–Kier alpha value is -3.49. The molecule has 0 aliphatic rings.